The predicted octanol–water partition coefficient (Wildman–Crippen LogP) is 2.96. The number of aliphatic hydroxyl groups is 1. The van der Waals surface area contributed by atoms with Gasteiger partial charge in [0.25, 0.3) is 5.91 Å². The van der Waals surface area contributed by atoms with E-state index in [2.05, 4.69) is 5.32 Å². The van der Waals surface area contributed by atoms with E-state index in [9.17, 15) is 14.3 Å². The lowest BCUT2D eigenvalue weighted by Gasteiger charge is -2.17. The van der Waals surface area contributed by atoms with Crippen molar-refractivity contribution in [2.24, 2.45) is 0 Å². The van der Waals surface area contributed by atoms with Crippen LogP contribution >= 0.6 is 0 Å². The molecule has 0 aliphatic heterocycles. The lowest BCUT2D eigenvalue weighted by Crippen LogP contribution is -2.33. The smallest absolute Gasteiger partial charge is 0.287 e. The highest BCUT2D eigenvalue weighted by atomic mass is 19.1. The summed E-state index contributed by atoms with van der Waals surface area (Å²) in [6, 6.07) is 12.7. The van der Waals surface area contributed by atoms with E-state index in [0.29, 0.717) is 17.4 Å². The molecule has 3 aromatic rings. The summed E-state index contributed by atoms with van der Waals surface area (Å²) in [6.07, 6.45) is -0.162. The minimum Gasteiger partial charge on any atom is -0.451 e. The Morgan fingerprint density at radius 1 is 1.22 bits per heavy atom. The van der Waals surface area contributed by atoms with E-state index in [4.69, 9.17) is 4.42 Å². The zero-order chi connectivity index (χ0) is 16.0. The van der Waals surface area contributed by atoms with E-state index >= 15 is 0 Å². The molecule has 0 saturated heterocycles. The molecule has 4 rings (SSSR count). The van der Waals surface area contributed by atoms with Crippen LogP contribution in [0, 0.1) is 5.82 Å². The molecule has 1 aliphatic rings. The standard InChI is InChI=1S/C18H14FNO3/c19-12-5-6-15-11(7-12)9-16(23-15)18(22)20-17-13-4-2-1-3-10(13)8-14(17)21/h1-7,9,14,17,21H,8H2,(H,20,22). The van der Waals surface area contributed by atoms with Crippen molar-refractivity contribution in [1.82, 2.24) is 5.32 Å². The molecule has 5 heteroatoms. The van der Waals surface area contributed by atoms with Gasteiger partial charge in [-0.15, -0.1) is 0 Å². The highest BCUT2D eigenvalue weighted by molar-refractivity contribution is 5.96. The van der Waals surface area contributed by atoms with Gasteiger partial charge in [0.15, 0.2) is 5.76 Å². The molecule has 0 spiro atoms. The third kappa shape index (κ3) is 2.39. The molecular formula is C18H14FNO3. The first-order valence-corrected chi connectivity index (χ1v) is 7.37. The van der Waals surface area contributed by atoms with Crippen LogP contribution in [0.15, 0.2) is 52.9 Å². The van der Waals surface area contributed by atoms with Gasteiger partial charge in [-0.2, -0.15) is 0 Å². The largest absolute Gasteiger partial charge is 0.451 e. The number of hydrogen-bond acceptors (Lipinski definition) is 3. The van der Waals surface area contributed by atoms with Gasteiger partial charge in [-0.25, -0.2) is 4.39 Å². The number of carbonyl (C=O) groups excluding carboxylic acids is 1. The second-order valence-corrected chi connectivity index (χ2v) is 5.71. The summed E-state index contributed by atoms with van der Waals surface area (Å²) in [7, 11) is 0. The zero-order valence-corrected chi connectivity index (χ0v) is 12.1. The van der Waals surface area contributed by atoms with Gasteiger partial charge in [-0.3, -0.25) is 4.79 Å². The summed E-state index contributed by atoms with van der Waals surface area (Å²) in [5, 5.41) is 13.5. The fourth-order valence-electron chi connectivity index (χ4n) is 3.09. The SMILES string of the molecule is O=C(NC1c2ccccc2CC1O)c1cc2cc(F)ccc2o1. The van der Waals surface area contributed by atoms with E-state index in [1.54, 1.807) is 0 Å². The predicted molar refractivity (Wildman–Crippen MR) is 82.5 cm³/mol. The molecule has 0 radical (unpaired) electrons. The fourth-order valence-corrected chi connectivity index (χ4v) is 3.09. The highest BCUT2D eigenvalue weighted by Crippen LogP contribution is 2.31. The van der Waals surface area contributed by atoms with Crippen LogP contribution in [0.4, 0.5) is 4.39 Å². The van der Waals surface area contributed by atoms with E-state index in [1.165, 1.54) is 24.3 Å². The molecule has 0 bridgehead atoms. The molecule has 1 aliphatic carbocycles. The molecule has 1 heterocycles. The van der Waals surface area contributed by atoms with Crippen LogP contribution < -0.4 is 5.32 Å². The van der Waals surface area contributed by atoms with Crippen molar-refractivity contribution in [3.8, 4) is 0 Å². The van der Waals surface area contributed by atoms with E-state index < -0.39 is 18.1 Å². The first-order chi connectivity index (χ1) is 11.1. The number of nitrogens with one attached hydrogen (secondary N) is 1. The molecule has 2 N–H and O–H groups in total. The topological polar surface area (TPSA) is 62.5 Å². The summed E-state index contributed by atoms with van der Waals surface area (Å²) < 4.78 is 18.7. The first-order valence-electron chi connectivity index (χ1n) is 7.37. The maximum atomic E-state index is 13.2. The number of furan rings is 1. The lowest BCUT2D eigenvalue weighted by molar-refractivity contribution is 0.0834. The summed E-state index contributed by atoms with van der Waals surface area (Å²) in [4.78, 5) is 12.4. The van der Waals surface area contributed by atoms with Gasteiger partial charge in [0.2, 0.25) is 0 Å². The Hall–Kier alpha value is -2.66. The van der Waals surface area contributed by atoms with E-state index in [0.717, 1.165) is 11.1 Å². The monoisotopic (exact) mass is 311 g/mol. The second kappa shape index (κ2) is 5.21. The van der Waals surface area contributed by atoms with E-state index in [1.807, 2.05) is 24.3 Å². The molecule has 0 fully saturated rings. The van der Waals surface area contributed by atoms with Crippen LogP contribution in [0.2, 0.25) is 0 Å². The Bertz CT molecular complexity index is 902. The van der Waals surface area contributed by atoms with Crippen molar-refractivity contribution in [3.63, 3.8) is 0 Å². The van der Waals surface area contributed by atoms with Gasteiger partial charge in [0.1, 0.15) is 11.4 Å². The Labute approximate surface area is 131 Å². The van der Waals surface area contributed by atoms with Gasteiger partial charge in [0, 0.05) is 11.8 Å². The first kappa shape index (κ1) is 14.0. The number of aliphatic hydroxyl groups excluding tert-OH is 1. The molecule has 4 nitrogen and oxygen atoms in total. The number of hydrogen-bond donors (Lipinski definition) is 2. The van der Waals surface area contributed by atoms with Crippen LogP contribution in [-0.4, -0.2) is 17.1 Å². The molecule has 116 valence electrons. The average molecular weight is 311 g/mol. The minimum atomic E-state index is -0.668. The Morgan fingerprint density at radius 3 is 2.91 bits per heavy atom. The maximum absolute atomic E-state index is 13.2. The molecule has 0 saturated carbocycles. The molecule has 2 aromatic carbocycles. The van der Waals surface area contributed by atoms with Crippen molar-refractivity contribution in [2.75, 3.05) is 0 Å². The lowest BCUT2D eigenvalue weighted by atomic mass is 10.1. The molecule has 1 aromatic heterocycles. The van der Waals surface area contributed by atoms with Crippen molar-refractivity contribution >= 4 is 16.9 Å². The Kier molecular flexibility index (Phi) is 3.16. The summed E-state index contributed by atoms with van der Waals surface area (Å²) in [5.74, 6) is -0.713. The minimum absolute atomic E-state index is 0.0992. The number of benzene rings is 2. The van der Waals surface area contributed by atoms with Crippen LogP contribution in [0.5, 0.6) is 0 Å². The van der Waals surface area contributed by atoms with E-state index in [-0.39, 0.29) is 11.6 Å². The fraction of sp³-hybridized carbons (Fsp3) is 0.167. The third-order valence-corrected chi connectivity index (χ3v) is 4.19. The van der Waals surface area contributed by atoms with Gasteiger partial charge >= 0.3 is 0 Å². The van der Waals surface area contributed by atoms with Crippen molar-refractivity contribution in [2.45, 2.75) is 18.6 Å². The summed E-state index contributed by atoms with van der Waals surface area (Å²) in [6.45, 7) is 0. The van der Waals surface area contributed by atoms with Gasteiger partial charge in [0.05, 0.1) is 12.1 Å². The van der Waals surface area contributed by atoms with Crippen LogP contribution in [0.1, 0.15) is 27.7 Å². The van der Waals surface area contributed by atoms with Gasteiger partial charge < -0.3 is 14.8 Å². The van der Waals surface area contributed by atoms with Crippen LogP contribution in [-0.2, 0) is 6.42 Å². The van der Waals surface area contributed by atoms with Gasteiger partial charge in [-0.1, -0.05) is 24.3 Å². The molecule has 2 unspecified atom stereocenters. The number of fused-ring (bicyclic) bond motifs is 2. The Balaban J connectivity index is 1.62. The summed E-state index contributed by atoms with van der Waals surface area (Å²) >= 11 is 0. The zero-order valence-electron chi connectivity index (χ0n) is 12.1. The molecule has 23 heavy (non-hydrogen) atoms. The van der Waals surface area contributed by atoms with Gasteiger partial charge in [-0.05, 0) is 35.4 Å². The number of halogens is 1. The quantitative estimate of drug-likeness (QED) is 0.765. The van der Waals surface area contributed by atoms with Crippen molar-refractivity contribution in [1.29, 1.82) is 0 Å². The molecule has 2 atom stereocenters. The second-order valence-electron chi connectivity index (χ2n) is 5.71. The number of amides is 1. The number of rotatable bonds is 2. The maximum Gasteiger partial charge on any atom is 0.287 e. The molecular weight excluding hydrogens is 297 g/mol. The van der Waals surface area contributed by atoms with Crippen LogP contribution in [0.3, 0.4) is 0 Å². The Morgan fingerprint density at radius 2 is 2.04 bits per heavy atom. The van der Waals surface area contributed by atoms with Crippen LogP contribution in [0.25, 0.3) is 11.0 Å². The average Bonchev–Trinajstić information content (AvgIpc) is 3.08. The number of carbonyl (C=O) groups is 1. The highest BCUT2D eigenvalue weighted by Gasteiger charge is 2.32. The third-order valence-electron chi connectivity index (χ3n) is 4.19. The summed E-state index contributed by atoms with van der Waals surface area (Å²) in [5.41, 5.74) is 2.39. The van der Waals surface area contributed by atoms with Crippen molar-refractivity contribution in [3.05, 3.63) is 71.2 Å². The van der Waals surface area contributed by atoms with Crippen molar-refractivity contribution < 1.29 is 18.7 Å². The molecule has 1 amide bonds. The normalized spacial score (nSPS) is 19.7.